The Morgan fingerprint density at radius 1 is 0.964 bits per heavy atom. The van der Waals surface area contributed by atoms with Crippen molar-refractivity contribution in [2.24, 2.45) is 11.8 Å². The predicted octanol–water partition coefficient (Wildman–Crippen LogP) is 5.75. The average molecular weight is 382 g/mol. The van der Waals surface area contributed by atoms with Crippen LogP contribution in [0, 0.1) is 11.8 Å². The van der Waals surface area contributed by atoms with E-state index in [9.17, 15) is 0 Å². The summed E-state index contributed by atoms with van der Waals surface area (Å²) in [5.41, 5.74) is 4.16. The van der Waals surface area contributed by atoms with E-state index in [1.165, 1.54) is 49.2 Å². The van der Waals surface area contributed by atoms with Gasteiger partial charge in [0.05, 0.1) is 14.2 Å². The Bertz CT molecular complexity index is 736. The number of hydrogen-bond acceptors (Lipinski definition) is 3. The van der Waals surface area contributed by atoms with E-state index in [1.807, 2.05) is 0 Å². The van der Waals surface area contributed by atoms with Crippen LogP contribution in [0.1, 0.15) is 44.2 Å². The van der Waals surface area contributed by atoms with Gasteiger partial charge in [0.25, 0.3) is 0 Å². The van der Waals surface area contributed by atoms with E-state index < -0.39 is 0 Å². The minimum atomic E-state index is 0.677. The number of aryl methyl sites for hydroxylation is 1. The van der Waals surface area contributed by atoms with Gasteiger partial charge in [-0.1, -0.05) is 32.0 Å². The second-order valence-corrected chi connectivity index (χ2v) is 8.14. The number of rotatable bonds is 8. The van der Waals surface area contributed by atoms with Gasteiger partial charge in [0.1, 0.15) is 0 Å². The number of para-hydroxylation sites is 1. The lowest BCUT2D eigenvalue weighted by Crippen LogP contribution is -2.34. The molecule has 28 heavy (non-hydrogen) atoms. The molecule has 0 aliphatic carbocycles. The first kappa shape index (κ1) is 20.6. The van der Waals surface area contributed by atoms with Crippen LogP contribution in [0.5, 0.6) is 11.5 Å². The Kier molecular flexibility index (Phi) is 7.24. The van der Waals surface area contributed by atoms with E-state index in [-0.39, 0.29) is 0 Å². The largest absolute Gasteiger partial charge is 0.493 e. The molecule has 0 radical (unpaired) electrons. The van der Waals surface area contributed by atoms with Crippen molar-refractivity contribution in [1.82, 2.24) is 0 Å². The molecule has 1 aliphatic heterocycles. The van der Waals surface area contributed by atoms with Gasteiger partial charge in [-0.2, -0.15) is 0 Å². The Hall–Kier alpha value is -2.16. The van der Waals surface area contributed by atoms with Crippen LogP contribution in [0.15, 0.2) is 42.5 Å². The molecule has 0 N–H and O–H groups in total. The number of benzene rings is 2. The van der Waals surface area contributed by atoms with E-state index in [2.05, 4.69) is 61.2 Å². The molecular formula is C25H35NO2. The molecule has 1 unspecified atom stereocenters. The van der Waals surface area contributed by atoms with Crippen LogP contribution >= 0.6 is 0 Å². The van der Waals surface area contributed by atoms with Gasteiger partial charge in [-0.15, -0.1) is 0 Å². The van der Waals surface area contributed by atoms with Crippen molar-refractivity contribution in [3.8, 4) is 11.5 Å². The maximum atomic E-state index is 5.53. The third-order valence-electron chi connectivity index (χ3n) is 6.13. The van der Waals surface area contributed by atoms with E-state index in [0.717, 1.165) is 30.3 Å². The van der Waals surface area contributed by atoms with Crippen molar-refractivity contribution in [2.75, 3.05) is 32.2 Å². The number of hydrogen-bond donors (Lipinski definition) is 0. The first-order valence-electron chi connectivity index (χ1n) is 10.7. The normalized spacial score (nSPS) is 16.1. The summed E-state index contributed by atoms with van der Waals surface area (Å²) < 4.78 is 11.0. The number of nitrogens with zero attached hydrogens (tertiary/aromatic N) is 1. The van der Waals surface area contributed by atoms with Gasteiger partial charge in [-0.3, -0.25) is 0 Å². The second kappa shape index (κ2) is 9.86. The molecule has 0 spiro atoms. The molecule has 2 aromatic rings. The van der Waals surface area contributed by atoms with Crippen molar-refractivity contribution in [2.45, 2.75) is 46.0 Å². The molecule has 1 saturated heterocycles. The fourth-order valence-corrected chi connectivity index (χ4v) is 4.58. The summed E-state index contributed by atoms with van der Waals surface area (Å²) in [7, 11) is 3.43. The highest BCUT2D eigenvalue weighted by Crippen LogP contribution is 2.34. The van der Waals surface area contributed by atoms with E-state index in [1.54, 1.807) is 14.2 Å². The van der Waals surface area contributed by atoms with Gasteiger partial charge in [-0.25, -0.2) is 0 Å². The molecule has 2 aromatic carbocycles. The summed E-state index contributed by atoms with van der Waals surface area (Å²) in [6.45, 7) is 6.98. The van der Waals surface area contributed by atoms with Gasteiger partial charge in [0, 0.05) is 18.8 Å². The highest BCUT2D eigenvalue weighted by Gasteiger charge is 2.22. The number of ether oxygens (including phenoxy) is 2. The molecule has 152 valence electrons. The van der Waals surface area contributed by atoms with Crippen LogP contribution in [-0.4, -0.2) is 27.3 Å². The highest BCUT2D eigenvalue weighted by molar-refractivity contribution is 5.48. The SMILES string of the molecule is CCc1cc(OC)c(OC)cc1CC(C)CC1CCN(c2ccccc2)CC1. The number of piperidine rings is 1. The topological polar surface area (TPSA) is 21.7 Å². The van der Waals surface area contributed by atoms with Crippen LogP contribution in [0.4, 0.5) is 5.69 Å². The van der Waals surface area contributed by atoms with E-state index in [4.69, 9.17) is 9.47 Å². The Morgan fingerprint density at radius 2 is 1.57 bits per heavy atom. The van der Waals surface area contributed by atoms with Crippen molar-refractivity contribution in [3.63, 3.8) is 0 Å². The number of methoxy groups -OCH3 is 2. The summed E-state index contributed by atoms with van der Waals surface area (Å²) in [6.07, 6.45) is 6.04. The third kappa shape index (κ3) is 5.01. The fraction of sp³-hybridized carbons (Fsp3) is 0.520. The molecule has 0 bridgehead atoms. The molecule has 1 heterocycles. The minimum Gasteiger partial charge on any atom is -0.493 e. The van der Waals surface area contributed by atoms with E-state index >= 15 is 0 Å². The maximum absolute atomic E-state index is 5.53. The molecule has 0 aromatic heterocycles. The Balaban J connectivity index is 1.57. The molecule has 3 rings (SSSR count). The lowest BCUT2D eigenvalue weighted by atomic mass is 9.84. The maximum Gasteiger partial charge on any atom is 0.161 e. The van der Waals surface area contributed by atoms with Gasteiger partial charge in [0.2, 0.25) is 0 Å². The Labute approximate surface area is 170 Å². The quantitative estimate of drug-likeness (QED) is 0.581. The molecule has 3 heteroatoms. The molecule has 1 fully saturated rings. The highest BCUT2D eigenvalue weighted by atomic mass is 16.5. The lowest BCUT2D eigenvalue weighted by Gasteiger charge is -2.34. The lowest BCUT2D eigenvalue weighted by molar-refractivity contribution is 0.324. The van der Waals surface area contributed by atoms with Crippen molar-refractivity contribution in [1.29, 1.82) is 0 Å². The predicted molar refractivity (Wildman–Crippen MR) is 118 cm³/mol. The summed E-state index contributed by atoms with van der Waals surface area (Å²) in [6, 6.07) is 15.2. The summed E-state index contributed by atoms with van der Waals surface area (Å²) in [5.74, 6) is 3.19. The smallest absolute Gasteiger partial charge is 0.161 e. The first-order chi connectivity index (χ1) is 13.6. The first-order valence-corrected chi connectivity index (χ1v) is 10.7. The van der Waals surface area contributed by atoms with Crippen LogP contribution in [0.2, 0.25) is 0 Å². The van der Waals surface area contributed by atoms with Gasteiger partial charge in [0.15, 0.2) is 11.5 Å². The van der Waals surface area contributed by atoms with Crippen molar-refractivity contribution >= 4 is 5.69 Å². The van der Waals surface area contributed by atoms with Crippen molar-refractivity contribution < 1.29 is 9.47 Å². The van der Waals surface area contributed by atoms with Crippen LogP contribution in [-0.2, 0) is 12.8 Å². The fourth-order valence-electron chi connectivity index (χ4n) is 4.58. The van der Waals surface area contributed by atoms with Crippen LogP contribution in [0.25, 0.3) is 0 Å². The Morgan fingerprint density at radius 3 is 2.14 bits per heavy atom. The molecule has 1 aliphatic rings. The summed E-state index contributed by atoms with van der Waals surface area (Å²) >= 11 is 0. The molecular weight excluding hydrogens is 346 g/mol. The molecule has 0 amide bonds. The van der Waals surface area contributed by atoms with E-state index in [0.29, 0.717) is 5.92 Å². The second-order valence-electron chi connectivity index (χ2n) is 8.14. The molecule has 0 saturated carbocycles. The summed E-state index contributed by atoms with van der Waals surface area (Å²) in [4.78, 5) is 2.53. The standard InChI is InChI=1S/C25H35NO2/c1-5-21-17-24(27-3)25(28-4)18-22(21)16-19(2)15-20-11-13-26(14-12-20)23-9-7-6-8-10-23/h6-10,17-20H,5,11-16H2,1-4H3. The van der Waals surface area contributed by atoms with Crippen LogP contribution in [0.3, 0.4) is 0 Å². The zero-order chi connectivity index (χ0) is 19.9. The van der Waals surface area contributed by atoms with Crippen LogP contribution < -0.4 is 14.4 Å². The van der Waals surface area contributed by atoms with Gasteiger partial charge < -0.3 is 14.4 Å². The average Bonchev–Trinajstić information content (AvgIpc) is 2.74. The van der Waals surface area contributed by atoms with Gasteiger partial charge in [-0.05, 0) is 79.3 Å². The van der Waals surface area contributed by atoms with Crippen molar-refractivity contribution in [3.05, 3.63) is 53.6 Å². The van der Waals surface area contributed by atoms with Gasteiger partial charge >= 0.3 is 0 Å². The zero-order valence-electron chi connectivity index (χ0n) is 17.9. The third-order valence-corrected chi connectivity index (χ3v) is 6.13. The minimum absolute atomic E-state index is 0.677. The number of anilines is 1. The molecule has 1 atom stereocenters. The molecule has 3 nitrogen and oxygen atoms in total. The monoisotopic (exact) mass is 381 g/mol. The zero-order valence-corrected chi connectivity index (χ0v) is 17.9. The summed E-state index contributed by atoms with van der Waals surface area (Å²) in [5, 5.41) is 0.